The topological polar surface area (TPSA) is 106 Å². The van der Waals surface area contributed by atoms with Crippen LogP contribution in [0, 0.1) is 5.92 Å². The lowest BCUT2D eigenvalue weighted by Crippen LogP contribution is -2.49. The third-order valence-electron chi connectivity index (χ3n) is 5.57. The number of amides is 3. The molecule has 7 nitrogen and oxygen atoms in total. The van der Waals surface area contributed by atoms with Gasteiger partial charge in [0.15, 0.2) is 0 Å². The second-order valence-corrected chi connectivity index (χ2v) is 7.57. The van der Waals surface area contributed by atoms with Crippen LogP contribution in [0.15, 0.2) is 12.3 Å². The average Bonchev–Trinajstić information content (AvgIpc) is 2.88. The molecule has 3 rings (SSSR count). The van der Waals surface area contributed by atoms with Crippen LogP contribution < -0.4 is 16.4 Å². The maximum absolute atomic E-state index is 11.9. The number of rotatable bonds is 3. The Labute approximate surface area is 158 Å². The molecule has 26 heavy (non-hydrogen) atoms. The van der Waals surface area contributed by atoms with Gasteiger partial charge in [0.25, 0.3) is 0 Å². The van der Waals surface area contributed by atoms with Gasteiger partial charge in [-0.2, -0.15) is 0 Å². The summed E-state index contributed by atoms with van der Waals surface area (Å²) in [6.07, 6.45) is 7.76. The molecule has 1 aromatic heterocycles. The number of anilines is 1. The van der Waals surface area contributed by atoms with Gasteiger partial charge in [0.2, 0.25) is 5.91 Å². The van der Waals surface area contributed by atoms with Crippen LogP contribution in [-0.4, -0.2) is 47.5 Å². The van der Waals surface area contributed by atoms with Crippen molar-refractivity contribution in [2.75, 3.05) is 24.5 Å². The smallest absolute Gasteiger partial charge is 0.315 e. The molecule has 8 heteroatoms. The molecule has 2 fully saturated rings. The summed E-state index contributed by atoms with van der Waals surface area (Å²) in [6.45, 7) is 2.40. The van der Waals surface area contributed by atoms with E-state index in [1.807, 2.05) is 4.90 Å². The Hall–Kier alpha value is -2.02. The van der Waals surface area contributed by atoms with Gasteiger partial charge in [-0.25, -0.2) is 9.78 Å². The molecule has 1 aromatic rings. The number of piperidine rings is 1. The molecule has 0 aliphatic carbocycles. The van der Waals surface area contributed by atoms with E-state index in [0.717, 1.165) is 58.2 Å². The largest absolute Gasteiger partial charge is 0.366 e. The van der Waals surface area contributed by atoms with Gasteiger partial charge in [-0.15, -0.1) is 0 Å². The lowest BCUT2D eigenvalue weighted by molar-refractivity contribution is 0.1000. The second-order valence-electron chi connectivity index (χ2n) is 7.17. The van der Waals surface area contributed by atoms with Crippen molar-refractivity contribution in [1.82, 2.24) is 9.88 Å². The minimum Gasteiger partial charge on any atom is -0.366 e. The van der Waals surface area contributed by atoms with Crippen LogP contribution in [-0.2, 0) is 0 Å². The molecule has 4 N–H and O–H groups in total. The number of urea groups is 1. The summed E-state index contributed by atoms with van der Waals surface area (Å²) in [5.41, 5.74) is 11.2. The quantitative estimate of drug-likeness (QED) is 0.840. The summed E-state index contributed by atoms with van der Waals surface area (Å²) in [4.78, 5) is 31.4. The van der Waals surface area contributed by atoms with E-state index in [4.69, 9.17) is 23.1 Å². The highest BCUT2D eigenvalue weighted by Crippen LogP contribution is 2.33. The molecule has 0 saturated carbocycles. The first-order valence-corrected chi connectivity index (χ1v) is 9.61. The van der Waals surface area contributed by atoms with Crippen molar-refractivity contribution in [2.24, 2.45) is 17.4 Å². The fourth-order valence-electron chi connectivity index (χ4n) is 4.19. The van der Waals surface area contributed by atoms with E-state index < -0.39 is 5.91 Å². The van der Waals surface area contributed by atoms with E-state index in [-0.39, 0.29) is 12.1 Å². The predicted octanol–water partition coefficient (Wildman–Crippen LogP) is 2.37. The van der Waals surface area contributed by atoms with Crippen molar-refractivity contribution in [3.63, 3.8) is 0 Å². The number of nitrogens with two attached hydrogens (primary N) is 2. The number of hydrogen-bond donors (Lipinski definition) is 2. The molecule has 0 bridgehead atoms. The van der Waals surface area contributed by atoms with E-state index in [1.165, 1.54) is 6.20 Å². The van der Waals surface area contributed by atoms with Crippen molar-refractivity contribution in [2.45, 2.75) is 44.6 Å². The fourth-order valence-corrected chi connectivity index (χ4v) is 4.48. The summed E-state index contributed by atoms with van der Waals surface area (Å²) in [7, 11) is 0. The third-order valence-corrected chi connectivity index (χ3v) is 5.85. The molecule has 3 heterocycles. The zero-order chi connectivity index (χ0) is 18.7. The van der Waals surface area contributed by atoms with Crippen molar-refractivity contribution < 1.29 is 9.59 Å². The van der Waals surface area contributed by atoms with Crippen LogP contribution in [0.5, 0.6) is 0 Å². The molecule has 3 amide bonds. The molecular weight excluding hydrogens is 354 g/mol. The van der Waals surface area contributed by atoms with Gasteiger partial charge >= 0.3 is 6.03 Å². The molecule has 0 aromatic carbocycles. The van der Waals surface area contributed by atoms with Crippen molar-refractivity contribution in [3.05, 3.63) is 22.8 Å². The Bertz CT molecular complexity index is 676. The first kappa shape index (κ1) is 18.8. The molecule has 142 valence electrons. The minimum atomic E-state index is -0.537. The Morgan fingerprint density at radius 2 is 1.81 bits per heavy atom. The lowest BCUT2D eigenvalue weighted by atomic mass is 9.86. The van der Waals surface area contributed by atoms with Gasteiger partial charge in [0.05, 0.1) is 10.6 Å². The summed E-state index contributed by atoms with van der Waals surface area (Å²) in [5.74, 6) is 0.591. The number of halogens is 1. The number of likely N-dealkylation sites (tertiary alicyclic amines) is 1. The lowest BCUT2D eigenvalue weighted by Gasteiger charge is -2.40. The zero-order valence-corrected chi connectivity index (χ0v) is 15.6. The highest BCUT2D eigenvalue weighted by molar-refractivity contribution is 6.33. The minimum absolute atomic E-state index is 0.234. The van der Waals surface area contributed by atoms with Gasteiger partial charge in [-0.3, -0.25) is 4.79 Å². The summed E-state index contributed by atoms with van der Waals surface area (Å²) >= 11 is 6.30. The summed E-state index contributed by atoms with van der Waals surface area (Å²) in [6, 6.07) is 1.50. The van der Waals surface area contributed by atoms with Crippen LogP contribution >= 0.6 is 11.6 Å². The normalized spacial score (nSPS) is 22.1. The number of carbonyl (C=O) groups is 2. The van der Waals surface area contributed by atoms with Crippen molar-refractivity contribution in [3.8, 4) is 0 Å². The molecule has 2 saturated heterocycles. The Morgan fingerprint density at radius 3 is 2.42 bits per heavy atom. The van der Waals surface area contributed by atoms with Crippen LogP contribution in [0.4, 0.5) is 10.6 Å². The van der Waals surface area contributed by atoms with Crippen LogP contribution in [0.1, 0.15) is 48.9 Å². The molecule has 2 aliphatic heterocycles. The number of hydrogen-bond acceptors (Lipinski definition) is 4. The molecule has 1 unspecified atom stereocenters. The molecule has 0 spiro atoms. The van der Waals surface area contributed by atoms with E-state index in [9.17, 15) is 9.59 Å². The maximum atomic E-state index is 11.9. The molecule has 1 atom stereocenters. The number of nitrogens with zero attached hydrogens (tertiary/aromatic N) is 3. The van der Waals surface area contributed by atoms with Gasteiger partial charge in [-0.05, 0) is 37.7 Å². The number of aromatic nitrogens is 1. The summed E-state index contributed by atoms with van der Waals surface area (Å²) < 4.78 is 0. The van der Waals surface area contributed by atoms with E-state index in [2.05, 4.69) is 9.88 Å². The van der Waals surface area contributed by atoms with Gasteiger partial charge < -0.3 is 21.3 Å². The van der Waals surface area contributed by atoms with Crippen LogP contribution in [0.2, 0.25) is 5.02 Å². The number of pyridine rings is 1. The first-order chi connectivity index (χ1) is 12.5. The second kappa shape index (κ2) is 8.12. The number of primary amides is 2. The Kier molecular flexibility index (Phi) is 5.86. The number of carbonyl (C=O) groups excluding carboxylic acids is 2. The van der Waals surface area contributed by atoms with Crippen LogP contribution in [0.25, 0.3) is 0 Å². The summed E-state index contributed by atoms with van der Waals surface area (Å²) in [5, 5.41) is 0.438. The maximum Gasteiger partial charge on any atom is 0.315 e. The standard InChI is InChI=1S/C18H26ClN5O2/c19-14-10-13(16(20)25)11-22-17(14)23-8-5-12(6-9-23)15-4-2-1-3-7-24(15)18(21)26/h10-12,15H,1-9H2,(H2,20,25)(H2,21,26). The van der Waals surface area contributed by atoms with E-state index in [0.29, 0.717) is 22.3 Å². The molecular formula is C18H26ClN5O2. The SMILES string of the molecule is NC(=O)c1cnc(N2CCC(C3CCCCCN3C(N)=O)CC2)c(Cl)c1. The first-order valence-electron chi connectivity index (χ1n) is 9.23. The third kappa shape index (κ3) is 4.03. The Balaban J connectivity index is 1.67. The highest BCUT2D eigenvalue weighted by Gasteiger charge is 2.33. The monoisotopic (exact) mass is 379 g/mol. The van der Waals surface area contributed by atoms with Gasteiger partial charge in [0, 0.05) is 31.9 Å². The van der Waals surface area contributed by atoms with Crippen LogP contribution in [0.3, 0.4) is 0 Å². The highest BCUT2D eigenvalue weighted by atomic mass is 35.5. The van der Waals surface area contributed by atoms with Crippen molar-refractivity contribution >= 4 is 29.4 Å². The van der Waals surface area contributed by atoms with Gasteiger partial charge in [-0.1, -0.05) is 24.4 Å². The fraction of sp³-hybridized carbons (Fsp3) is 0.611. The van der Waals surface area contributed by atoms with Crippen molar-refractivity contribution in [1.29, 1.82) is 0 Å². The molecule has 2 aliphatic rings. The Morgan fingerprint density at radius 1 is 1.08 bits per heavy atom. The molecule has 0 radical (unpaired) electrons. The van der Waals surface area contributed by atoms with E-state index in [1.54, 1.807) is 6.07 Å². The van der Waals surface area contributed by atoms with Gasteiger partial charge in [0.1, 0.15) is 5.82 Å². The average molecular weight is 380 g/mol. The van der Waals surface area contributed by atoms with E-state index >= 15 is 0 Å². The zero-order valence-electron chi connectivity index (χ0n) is 14.9. The predicted molar refractivity (Wildman–Crippen MR) is 101 cm³/mol.